The Kier molecular flexibility index (Phi) is 16.3. The molecule has 2 fully saturated rings. The smallest absolute Gasteiger partial charge is 0.337 e. The van der Waals surface area contributed by atoms with Gasteiger partial charge in [0.1, 0.15) is 10.6 Å². The number of piperazine rings is 2. The Balaban J connectivity index is 0.000000207. The van der Waals surface area contributed by atoms with Crippen LogP contribution in [0.25, 0.3) is 10.8 Å². The normalized spacial score (nSPS) is 14.8. The highest BCUT2D eigenvalue weighted by atomic mass is 35.5. The van der Waals surface area contributed by atoms with Crippen LogP contribution in [0.4, 0.5) is 0 Å². The van der Waals surface area contributed by atoms with Gasteiger partial charge in [0.05, 0.1) is 22.7 Å². The molecule has 62 heavy (non-hydrogen) atoms. The maximum absolute atomic E-state index is 12.7. The minimum Gasteiger partial charge on any atom is -0.483 e. The lowest BCUT2D eigenvalue weighted by Crippen LogP contribution is -2.49. The number of carbonyl (C=O) groups excluding carboxylic acids is 3. The summed E-state index contributed by atoms with van der Waals surface area (Å²) in [6, 6.07) is 27.8. The largest absolute Gasteiger partial charge is 0.483 e. The summed E-state index contributed by atoms with van der Waals surface area (Å²) < 4.78 is 48.7. The molecule has 5 aromatic rings. The summed E-state index contributed by atoms with van der Waals surface area (Å²) in [5, 5.41) is 2.57. The first kappa shape index (κ1) is 46.9. The van der Waals surface area contributed by atoms with Crippen LogP contribution in [0.5, 0.6) is 11.5 Å². The predicted octanol–water partition coefficient (Wildman–Crippen LogP) is 7.62. The van der Waals surface area contributed by atoms with Gasteiger partial charge >= 0.3 is 5.97 Å². The summed E-state index contributed by atoms with van der Waals surface area (Å²) in [6.45, 7) is 6.79. The summed E-state index contributed by atoms with van der Waals surface area (Å²) in [5.41, 5.74) is 2.57. The molecule has 0 saturated carbocycles. The second kappa shape index (κ2) is 21.6. The molecule has 328 valence electrons. The fraction of sp³-hybridized carbons (Fsp3) is 0.295. The fourth-order valence-corrected chi connectivity index (χ4v) is 8.53. The Morgan fingerprint density at radius 3 is 1.52 bits per heavy atom. The molecule has 2 saturated heterocycles. The van der Waals surface area contributed by atoms with Crippen molar-refractivity contribution in [1.82, 2.24) is 19.6 Å². The molecule has 0 spiro atoms. The van der Waals surface area contributed by atoms with Crippen molar-refractivity contribution in [2.75, 3.05) is 72.7 Å². The number of benzene rings is 5. The van der Waals surface area contributed by atoms with Crippen molar-refractivity contribution in [3.63, 3.8) is 0 Å². The molecule has 2 aliphatic rings. The summed E-state index contributed by atoms with van der Waals surface area (Å²) in [6.07, 6.45) is 0. The van der Waals surface area contributed by atoms with Crippen molar-refractivity contribution < 1.29 is 41.6 Å². The average molecular weight is 947 g/mol. The van der Waals surface area contributed by atoms with Crippen LogP contribution in [0.15, 0.2) is 102 Å². The first-order valence-electron chi connectivity index (χ1n) is 19.5. The van der Waals surface area contributed by atoms with Crippen LogP contribution in [-0.2, 0) is 37.5 Å². The number of nitrogens with zero attached hydrogens (tertiary/aromatic N) is 4. The van der Waals surface area contributed by atoms with Gasteiger partial charge in [0.15, 0.2) is 19.0 Å². The lowest BCUT2D eigenvalue weighted by atomic mass is 10.1. The molecule has 2 heterocycles. The van der Waals surface area contributed by atoms with Gasteiger partial charge in [-0.1, -0.05) is 94.9 Å². The molecule has 18 heteroatoms. The minimum absolute atomic E-state index is 0.126. The van der Waals surface area contributed by atoms with Crippen molar-refractivity contribution >= 4 is 85.1 Å². The van der Waals surface area contributed by atoms with Crippen molar-refractivity contribution in [3.8, 4) is 11.5 Å². The molecule has 0 radical (unpaired) electrons. The lowest BCUT2D eigenvalue weighted by molar-refractivity contribution is -0.135. The second-order valence-electron chi connectivity index (χ2n) is 14.5. The van der Waals surface area contributed by atoms with Crippen molar-refractivity contribution in [2.24, 2.45) is 0 Å². The van der Waals surface area contributed by atoms with E-state index in [2.05, 4.69) is 14.5 Å². The third-order valence-corrected chi connectivity index (χ3v) is 12.3. The van der Waals surface area contributed by atoms with Crippen LogP contribution in [-0.4, -0.2) is 123 Å². The molecule has 0 unspecified atom stereocenters. The van der Waals surface area contributed by atoms with E-state index in [0.717, 1.165) is 39.3 Å². The number of hydrogen-bond acceptors (Lipinski definition) is 10. The van der Waals surface area contributed by atoms with Crippen LogP contribution in [0.3, 0.4) is 0 Å². The van der Waals surface area contributed by atoms with E-state index in [-0.39, 0.29) is 51.3 Å². The van der Waals surface area contributed by atoms with Crippen LogP contribution < -0.4 is 9.47 Å². The van der Waals surface area contributed by atoms with Gasteiger partial charge in [-0.15, -0.1) is 0 Å². The van der Waals surface area contributed by atoms with E-state index in [1.165, 1.54) is 42.5 Å². The van der Waals surface area contributed by atoms with Gasteiger partial charge < -0.3 is 24.0 Å². The average Bonchev–Trinajstić information content (AvgIpc) is 3.26. The number of carbonyl (C=O) groups is 3. The maximum atomic E-state index is 12.7. The van der Waals surface area contributed by atoms with E-state index in [9.17, 15) is 27.4 Å². The SMILES string of the molecule is COC(=O)c1cc(Cl)c(OCC(=O)N2CCN(Cc3ccc(Cl)cc3)CC2)c(Cl)c1.O=C(COc1ccc(S(=O)(=O)O)c2ccccc12)N1CCN(Cc2ccc(Cl)cc2)CC1. The third kappa shape index (κ3) is 12.7. The Bertz CT molecular complexity index is 2460. The van der Waals surface area contributed by atoms with E-state index >= 15 is 0 Å². The Hall–Kier alpha value is -4.64. The van der Waals surface area contributed by atoms with Gasteiger partial charge in [-0.3, -0.25) is 23.9 Å². The van der Waals surface area contributed by atoms with Crippen LogP contribution in [0.1, 0.15) is 21.5 Å². The lowest BCUT2D eigenvalue weighted by Gasteiger charge is -2.34. The number of rotatable bonds is 12. The van der Waals surface area contributed by atoms with Crippen LogP contribution in [0, 0.1) is 0 Å². The number of ether oxygens (including phenoxy) is 3. The van der Waals surface area contributed by atoms with Gasteiger partial charge in [0.25, 0.3) is 21.9 Å². The van der Waals surface area contributed by atoms with E-state index in [1.54, 1.807) is 34.1 Å². The van der Waals surface area contributed by atoms with Gasteiger partial charge in [0, 0.05) is 86.3 Å². The number of hydrogen-bond donors (Lipinski definition) is 1. The molecular weight excluding hydrogens is 902 g/mol. The summed E-state index contributed by atoms with van der Waals surface area (Å²) >= 11 is 24.2. The zero-order valence-electron chi connectivity index (χ0n) is 33.6. The summed E-state index contributed by atoms with van der Waals surface area (Å²) in [5.74, 6) is -0.272. The molecule has 7 rings (SSSR count). The zero-order valence-corrected chi connectivity index (χ0v) is 37.5. The van der Waals surface area contributed by atoms with E-state index in [1.807, 2.05) is 48.5 Å². The highest BCUT2D eigenvalue weighted by Gasteiger charge is 2.24. The summed E-state index contributed by atoms with van der Waals surface area (Å²) in [4.78, 5) is 44.7. The van der Waals surface area contributed by atoms with E-state index < -0.39 is 16.1 Å². The first-order chi connectivity index (χ1) is 29.7. The van der Waals surface area contributed by atoms with Gasteiger partial charge in [0.2, 0.25) is 0 Å². The molecule has 0 bridgehead atoms. The van der Waals surface area contributed by atoms with Crippen molar-refractivity contribution in [2.45, 2.75) is 18.0 Å². The molecule has 2 aliphatic heterocycles. The highest BCUT2D eigenvalue weighted by Crippen LogP contribution is 2.35. The molecule has 1 N–H and O–H groups in total. The van der Waals surface area contributed by atoms with Crippen LogP contribution in [0.2, 0.25) is 20.1 Å². The zero-order chi connectivity index (χ0) is 44.4. The van der Waals surface area contributed by atoms with E-state index in [4.69, 9.17) is 55.9 Å². The standard InChI is InChI=1S/C23H23ClN2O5S.C21H21Cl3N2O4/c24-18-7-5-17(6-8-18)15-25-11-13-26(14-12-25)23(27)16-31-21-9-10-22(32(28,29)30)20-4-2-1-3-19(20)21;1-29-21(28)15-10-17(23)20(18(24)11-15)30-13-19(27)26-8-6-25(7-9-26)12-14-2-4-16(22)5-3-14/h1-10H,11-16H2,(H,28,29,30);2-5,10-11H,6-9,12-13H2,1H3. The Morgan fingerprint density at radius 1 is 0.613 bits per heavy atom. The topological polar surface area (TPSA) is 146 Å². The molecule has 13 nitrogen and oxygen atoms in total. The van der Waals surface area contributed by atoms with Gasteiger partial charge in [-0.2, -0.15) is 8.42 Å². The highest BCUT2D eigenvalue weighted by molar-refractivity contribution is 7.86. The Labute approximate surface area is 380 Å². The third-order valence-electron chi connectivity index (χ3n) is 10.3. The predicted molar refractivity (Wildman–Crippen MR) is 239 cm³/mol. The fourth-order valence-electron chi connectivity index (χ4n) is 6.99. The molecule has 5 aromatic carbocycles. The number of halogens is 4. The number of fused-ring (bicyclic) bond motifs is 1. The monoisotopic (exact) mass is 944 g/mol. The van der Waals surface area contributed by atoms with E-state index in [0.29, 0.717) is 52.7 Å². The van der Waals surface area contributed by atoms with Crippen molar-refractivity contribution in [3.05, 3.63) is 134 Å². The number of esters is 1. The second-order valence-corrected chi connectivity index (χ2v) is 17.6. The van der Waals surface area contributed by atoms with Gasteiger partial charge in [-0.05, 0) is 59.7 Å². The minimum atomic E-state index is -4.37. The maximum Gasteiger partial charge on any atom is 0.337 e. The Morgan fingerprint density at radius 2 is 1.06 bits per heavy atom. The summed E-state index contributed by atoms with van der Waals surface area (Å²) in [7, 11) is -3.10. The number of methoxy groups -OCH3 is 1. The molecular formula is C44H44Cl4N4O9S. The molecule has 0 aliphatic carbocycles. The molecule has 0 atom stereocenters. The van der Waals surface area contributed by atoms with Crippen molar-refractivity contribution in [1.29, 1.82) is 0 Å². The quantitative estimate of drug-likeness (QED) is 0.0974. The first-order valence-corrected chi connectivity index (χ1v) is 22.4. The van der Waals surface area contributed by atoms with Gasteiger partial charge in [-0.25, -0.2) is 4.79 Å². The van der Waals surface area contributed by atoms with Crippen LogP contribution >= 0.6 is 46.4 Å². The molecule has 2 amide bonds. The molecule has 0 aromatic heterocycles. The number of amides is 2.